The Morgan fingerprint density at radius 3 is 2.57 bits per heavy atom. The van der Waals surface area contributed by atoms with Crippen molar-refractivity contribution in [1.82, 2.24) is 20.1 Å². The van der Waals surface area contributed by atoms with Crippen molar-refractivity contribution in [2.24, 2.45) is 0 Å². The first kappa shape index (κ1) is 15.3. The highest BCUT2D eigenvalue weighted by Crippen LogP contribution is 2.16. The van der Waals surface area contributed by atoms with Gasteiger partial charge in [0, 0.05) is 6.04 Å². The summed E-state index contributed by atoms with van der Waals surface area (Å²) in [5.41, 5.74) is 0. The van der Waals surface area contributed by atoms with Crippen molar-refractivity contribution < 1.29 is 9.47 Å². The topological polar surface area (TPSA) is 61.2 Å². The van der Waals surface area contributed by atoms with Gasteiger partial charge in [-0.05, 0) is 24.3 Å². The molecule has 114 valence electrons. The molecule has 0 radical (unpaired) electrons. The first-order valence-electron chi connectivity index (χ1n) is 7.06. The van der Waals surface area contributed by atoms with Gasteiger partial charge in [0.05, 0.1) is 20.2 Å². The highest BCUT2D eigenvalue weighted by molar-refractivity contribution is 5.31. The van der Waals surface area contributed by atoms with Gasteiger partial charge in [-0.15, -0.1) is 0 Å². The summed E-state index contributed by atoms with van der Waals surface area (Å²) in [7, 11) is 1.65. The normalized spacial score (nSPS) is 10.9. The van der Waals surface area contributed by atoms with E-state index in [1.54, 1.807) is 18.1 Å². The smallest absolute Gasteiger partial charge is 0.164 e. The second kappa shape index (κ2) is 7.64. The van der Waals surface area contributed by atoms with Gasteiger partial charge in [-0.3, -0.25) is 0 Å². The molecule has 1 aromatic carbocycles. The fourth-order valence-corrected chi connectivity index (χ4v) is 1.75. The van der Waals surface area contributed by atoms with E-state index >= 15 is 0 Å². The molecule has 0 bridgehead atoms. The zero-order chi connectivity index (χ0) is 15.1. The molecule has 6 heteroatoms. The molecule has 0 atom stereocenters. The Balaban J connectivity index is 1.75. The molecule has 2 rings (SSSR count). The lowest BCUT2D eigenvalue weighted by molar-refractivity contribution is 0.290. The monoisotopic (exact) mass is 290 g/mol. The third-order valence-corrected chi connectivity index (χ3v) is 2.90. The molecule has 6 nitrogen and oxygen atoms in total. The molecule has 2 aromatic rings. The minimum absolute atomic E-state index is 0.426. The highest BCUT2D eigenvalue weighted by atomic mass is 16.5. The summed E-state index contributed by atoms with van der Waals surface area (Å²) in [6.07, 6.45) is 1.73. The summed E-state index contributed by atoms with van der Waals surface area (Å²) < 4.78 is 12.6. The standard InChI is InChI=1S/C15H22N4O2/c1-12(2)16-10-15-17-11-19(18-15)8-9-21-14-6-4-13(20-3)5-7-14/h4-7,11-12,16H,8-10H2,1-3H3. The van der Waals surface area contributed by atoms with E-state index in [-0.39, 0.29) is 0 Å². The van der Waals surface area contributed by atoms with Gasteiger partial charge in [0.2, 0.25) is 0 Å². The number of nitrogens with zero attached hydrogens (tertiary/aromatic N) is 3. The SMILES string of the molecule is COc1ccc(OCCn2cnc(CNC(C)C)n2)cc1. The van der Waals surface area contributed by atoms with Crippen LogP contribution >= 0.6 is 0 Å². The van der Waals surface area contributed by atoms with E-state index in [1.807, 2.05) is 24.3 Å². The summed E-state index contributed by atoms with van der Waals surface area (Å²) in [5.74, 6) is 2.44. The van der Waals surface area contributed by atoms with E-state index in [0.29, 0.717) is 25.7 Å². The van der Waals surface area contributed by atoms with Crippen molar-refractivity contribution in [2.75, 3.05) is 13.7 Å². The third kappa shape index (κ3) is 5.07. The molecule has 0 aliphatic heterocycles. The van der Waals surface area contributed by atoms with Gasteiger partial charge < -0.3 is 14.8 Å². The van der Waals surface area contributed by atoms with Crippen LogP contribution in [0.2, 0.25) is 0 Å². The molecule has 1 N–H and O–H groups in total. The van der Waals surface area contributed by atoms with Crippen LogP contribution in [0.5, 0.6) is 11.5 Å². The fourth-order valence-electron chi connectivity index (χ4n) is 1.75. The van der Waals surface area contributed by atoms with Crippen molar-refractivity contribution in [3.63, 3.8) is 0 Å². The molecule has 0 spiro atoms. The Hall–Kier alpha value is -2.08. The summed E-state index contributed by atoms with van der Waals surface area (Å²) in [6, 6.07) is 7.95. The maximum atomic E-state index is 5.66. The molecule has 0 amide bonds. The number of methoxy groups -OCH3 is 1. The molecule has 21 heavy (non-hydrogen) atoms. The van der Waals surface area contributed by atoms with Gasteiger partial charge in [0.15, 0.2) is 5.82 Å². The predicted octanol–water partition coefficient (Wildman–Crippen LogP) is 1.86. The fraction of sp³-hybridized carbons (Fsp3) is 0.467. The lowest BCUT2D eigenvalue weighted by atomic mass is 10.3. The summed E-state index contributed by atoms with van der Waals surface area (Å²) in [5, 5.41) is 7.67. The number of nitrogens with one attached hydrogen (secondary N) is 1. The van der Waals surface area contributed by atoms with Gasteiger partial charge in [-0.25, -0.2) is 9.67 Å². The molecule has 0 aliphatic rings. The van der Waals surface area contributed by atoms with E-state index in [4.69, 9.17) is 9.47 Å². The number of ether oxygens (including phenoxy) is 2. The summed E-state index contributed by atoms with van der Waals surface area (Å²) >= 11 is 0. The number of aromatic nitrogens is 3. The van der Waals surface area contributed by atoms with Crippen molar-refractivity contribution >= 4 is 0 Å². The molecule has 1 aromatic heterocycles. The van der Waals surface area contributed by atoms with Crippen LogP contribution in [0.1, 0.15) is 19.7 Å². The Kier molecular flexibility index (Phi) is 5.57. The van der Waals surface area contributed by atoms with E-state index in [0.717, 1.165) is 17.3 Å². The van der Waals surface area contributed by atoms with Crippen LogP contribution < -0.4 is 14.8 Å². The van der Waals surface area contributed by atoms with Gasteiger partial charge in [0.1, 0.15) is 24.4 Å². The van der Waals surface area contributed by atoms with Crippen LogP contribution in [0.4, 0.5) is 0 Å². The quantitative estimate of drug-likeness (QED) is 0.804. The average Bonchev–Trinajstić information content (AvgIpc) is 2.94. The van der Waals surface area contributed by atoms with Crippen molar-refractivity contribution in [3.8, 4) is 11.5 Å². The highest BCUT2D eigenvalue weighted by Gasteiger charge is 2.02. The van der Waals surface area contributed by atoms with Crippen LogP contribution in [0.3, 0.4) is 0 Å². The van der Waals surface area contributed by atoms with Crippen LogP contribution in [-0.2, 0) is 13.1 Å². The summed E-state index contributed by atoms with van der Waals surface area (Å²) in [4.78, 5) is 4.25. The van der Waals surface area contributed by atoms with Crippen molar-refractivity contribution in [2.45, 2.75) is 33.0 Å². The van der Waals surface area contributed by atoms with E-state index in [1.165, 1.54) is 0 Å². The number of benzene rings is 1. The largest absolute Gasteiger partial charge is 0.497 e. The molecule has 1 heterocycles. The number of rotatable bonds is 8. The molecule has 0 saturated carbocycles. The van der Waals surface area contributed by atoms with Crippen LogP contribution in [0.25, 0.3) is 0 Å². The molecule has 0 unspecified atom stereocenters. The Bertz CT molecular complexity index is 537. The number of hydrogen-bond donors (Lipinski definition) is 1. The average molecular weight is 290 g/mol. The summed E-state index contributed by atoms with van der Waals surface area (Å²) in [6.45, 7) is 6.09. The zero-order valence-electron chi connectivity index (χ0n) is 12.7. The maximum Gasteiger partial charge on any atom is 0.164 e. The van der Waals surface area contributed by atoms with Crippen molar-refractivity contribution in [1.29, 1.82) is 0 Å². The van der Waals surface area contributed by atoms with Gasteiger partial charge in [0.25, 0.3) is 0 Å². The first-order chi connectivity index (χ1) is 10.2. The van der Waals surface area contributed by atoms with Gasteiger partial charge >= 0.3 is 0 Å². The van der Waals surface area contributed by atoms with Crippen LogP contribution in [-0.4, -0.2) is 34.5 Å². The first-order valence-corrected chi connectivity index (χ1v) is 7.06. The van der Waals surface area contributed by atoms with Gasteiger partial charge in [-0.1, -0.05) is 13.8 Å². The van der Waals surface area contributed by atoms with Crippen molar-refractivity contribution in [3.05, 3.63) is 36.4 Å². The maximum absolute atomic E-state index is 5.66. The Labute approximate surface area is 125 Å². The van der Waals surface area contributed by atoms with Crippen LogP contribution in [0.15, 0.2) is 30.6 Å². The zero-order valence-corrected chi connectivity index (χ0v) is 12.7. The molecule has 0 fully saturated rings. The second-order valence-corrected chi connectivity index (χ2v) is 4.98. The molecular weight excluding hydrogens is 268 g/mol. The lowest BCUT2D eigenvalue weighted by Gasteiger charge is -2.07. The Morgan fingerprint density at radius 1 is 1.19 bits per heavy atom. The van der Waals surface area contributed by atoms with E-state index < -0.39 is 0 Å². The Morgan fingerprint density at radius 2 is 1.90 bits per heavy atom. The van der Waals surface area contributed by atoms with E-state index in [2.05, 4.69) is 29.2 Å². The van der Waals surface area contributed by atoms with Gasteiger partial charge in [-0.2, -0.15) is 5.10 Å². The minimum Gasteiger partial charge on any atom is -0.497 e. The van der Waals surface area contributed by atoms with E-state index in [9.17, 15) is 0 Å². The predicted molar refractivity (Wildman–Crippen MR) is 80.5 cm³/mol. The molecule has 0 saturated heterocycles. The van der Waals surface area contributed by atoms with Crippen LogP contribution in [0, 0.1) is 0 Å². The molecule has 0 aliphatic carbocycles. The third-order valence-electron chi connectivity index (χ3n) is 2.90. The second-order valence-electron chi connectivity index (χ2n) is 4.98. The lowest BCUT2D eigenvalue weighted by Crippen LogP contribution is -2.22. The minimum atomic E-state index is 0.426. The molecular formula is C15H22N4O2. The number of hydrogen-bond acceptors (Lipinski definition) is 5.